The number of unbranched alkanes of at least 4 members (excludes halogenated alkanes) is 18. The summed E-state index contributed by atoms with van der Waals surface area (Å²) in [6.45, 7) is 4.60. The van der Waals surface area contributed by atoms with Crippen LogP contribution in [0.3, 0.4) is 0 Å². The largest absolute Gasteiger partial charge is 0.144 e. The zero-order valence-electron chi connectivity index (χ0n) is 30.3. The van der Waals surface area contributed by atoms with Gasteiger partial charge in [0.25, 0.3) is 0 Å². The fourth-order valence-electron chi connectivity index (χ4n) is 7.46. The minimum absolute atomic E-state index is 1.21. The van der Waals surface area contributed by atoms with Crippen LogP contribution in [0, 0.1) is 0 Å². The molecule has 0 atom stereocenters. The average molecular weight is 679 g/mol. The van der Waals surface area contributed by atoms with Gasteiger partial charge in [-0.05, 0) is 117 Å². The maximum atomic E-state index is 2.43. The first-order valence-corrected chi connectivity index (χ1v) is 21.6. The monoisotopic (exact) mass is 678 g/mol. The standard InChI is InChI=1S/C46H62S2/c1-3-5-7-9-11-13-15-17-19-21-23-37-29-31-47-45(37)41-27-25-39-34-44-36-42(28-26-40(44)33-43(39)35-41)46-38(30-32-48-46)24-22-20-18-16-14-12-10-8-6-4-2/h25-36H,3-24H2,1-2H3. The van der Waals surface area contributed by atoms with Crippen LogP contribution in [-0.2, 0) is 12.8 Å². The SMILES string of the molecule is CCCCCCCCCCCCc1ccsc1-c1ccc2cc3cc(-c4sccc4CCCCCCCCCCCC)ccc3cc2c1. The minimum Gasteiger partial charge on any atom is -0.144 e. The van der Waals surface area contributed by atoms with Crippen molar-refractivity contribution in [3.8, 4) is 20.9 Å². The summed E-state index contributed by atoms with van der Waals surface area (Å²) >= 11 is 3.82. The van der Waals surface area contributed by atoms with E-state index in [2.05, 4.69) is 85.3 Å². The van der Waals surface area contributed by atoms with Gasteiger partial charge < -0.3 is 0 Å². The smallest absolute Gasteiger partial charge is 0.0374 e. The number of hydrogen-bond acceptors (Lipinski definition) is 2. The number of thiophene rings is 2. The molecule has 5 rings (SSSR count). The topological polar surface area (TPSA) is 0 Å². The van der Waals surface area contributed by atoms with Gasteiger partial charge >= 0.3 is 0 Å². The Kier molecular flexibility index (Phi) is 16.1. The van der Waals surface area contributed by atoms with Gasteiger partial charge in [0.2, 0.25) is 0 Å². The van der Waals surface area contributed by atoms with Crippen LogP contribution >= 0.6 is 22.7 Å². The maximum Gasteiger partial charge on any atom is 0.0374 e. The summed E-state index contributed by atoms with van der Waals surface area (Å²) in [5.41, 5.74) is 5.83. The Hall–Kier alpha value is -2.42. The molecule has 2 heterocycles. The molecular weight excluding hydrogens is 617 g/mol. The van der Waals surface area contributed by atoms with E-state index in [0.29, 0.717) is 0 Å². The first-order valence-electron chi connectivity index (χ1n) is 19.9. The second kappa shape index (κ2) is 20.9. The van der Waals surface area contributed by atoms with E-state index >= 15 is 0 Å². The van der Waals surface area contributed by atoms with Crippen LogP contribution in [0.4, 0.5) is 0 Å². The van der Waals surface area contributed by atoms with Crippen molar-refractivity contribution in [3.63, 3.8) is 0 Å². The van der Waals surface area contributed by atoms with Crippen LogP contribution in [0.1, 0.15) is 153 Å². The van der Waals surface area contributed by atoms with Crippen LogP contribution in [0.2, 0.25) is 0 Å². The second-order valence-corrected chi connectivity index (χ2v) is 16.2. The van der Waals surface area contributed by atoms with Crippen molar-refractivity contribution in [3.05, 3.63) is 82.6 Å². The van der Waals surface area contributed by atoms with Gasteiger partial charge in [-0.2, -0.15) is 0 Å². The molecule has 0 aliphatic carbocycles. The lowest BCUT2D eigenvalue weighted by Gasteiger charge is -2.09. The van der Waals surface area contributed by atoms with Crippen molar-refractivity contribution < 1.29 is 0 Å². The average Bonchev–Trinajstić information content (AvgIpc) is 3.78. The zero-order chi connectivity index (χ0) is 33.2. The van der Waals surface area contributed by atoms with Gasteiger partial charge in [0.15, 0.2) is 0 Å². The molecule has 2 heteroatoms. The number of rotatable bonds is 24. The van der Waals surface area contributed by atoms with E-state index in [1.165, 1.54) is 195 Å². The Morgan fingerprint density at radius 1 is 0.354 bits per heavy atom. The van der Waals surface area contributed by atoms with Crippen LogP contribution in [0.15, 0.2) is 71.4 Å². The predicted octanol–water partition coefficient (Wildman–Crippen LogP) is 16.4. The van der Waals surface area contributed by atoms with E-state index in [-0.39, 0.29) is 0 Å². The number of aryl methyl sites for hydroxylation is 2. The number of hydrogen-bond donors (Lipinski definition) is 0. The second-order valence-electron chi connectivity index (χ2n) is 14.4. The zero-order valence-corrected chi connectivity index (χ0v) is 31.9. The van der Waals surface area contributed by atoms with Gasteiger partial charge in [-0.15, -0.1) is 22.7 Å². The molecule has 0 unspecified atom stereocenters. The van der Waals surface area contributed by atoms with Crippen molar-refractivity contribution in [1.29, 1.82) is 0 Å². The third kappa shape index (κ3) is 11.3. The Balaban J connectivity index is 1.13. The first kappa shape index (κ1) is 36.9. The Labute approximate surface area is 301 Å². The number of benzene rings is 3. The fourth-order valence-corrected chi connectivity index (χ4v) is 9.36. The van der Waals surface area contributed by atoms with Crippen molar-refractivity contribution in [1.82, 2.24) is 0 Å². The molecule has 0 amide bonds. The molecular formula is C46H62S2. The highest BCUT2D eigenvalue weighted by Gasteiger charge is 2.11. The highest BCUT2D eigenvalue weighted by Crippen LogP contribution is 2.36. The molecule has 48 heavy (non-hydrogen) atoms. The summed E-state index contributed by atoms with van der Waals surface area (Å²) in [5.74, 6) is 0. The summed E-state index contributed by atoms with van der Waals surface area (Å²) in [7, 11) is 0. The van der Waals surface area contributed by atoms with Gasteiger partial charge in [-0.1, -0.05) is 154 Å². The lowest BCUT2D eigenvalue weighted by atomic mass is 9.97. The van der Waals surface area contributed by atoms with Gasteiger partial charge in [0.1, 0.15) is 0 Å². The van der Waals surface area contributed by atoms with E-state index in [9.17, 15) is 0 Å². The lowest BCUT2D eigenvalue weighted by molar-refractivity contribution is 0.556. The normalized spacial score (nSPS) is 11.7. The Bertz CT molecular complexity index is 1500. The van der Waals surface area contributed by atoms with Crippen LogP contribution in [-0.4, -0.2) is 0 Å². The quantitative estimate of drug-likeness (QED) is 0.0450. The van der Waals surface area contributed by atoms with E-state index in [1.54, 1.807) is 0 Å². The van der Waals surface area contributed by atoms with Crippen molar-refractivity contribution in [2.75, 3.05) is 0 Å². The molecule has 0 aliphatic rings. The van der Waals surface area contributed by atoms with Gasteiger partial charge in [0.05, 0.1) is 0 Å². The van der Waals surface area contributed by atoms with Crippen molar-refractivity contribution in [2.45, 2.75) is 155 Å². The summed E-state index contributed by atoms with van der Waals surface area (Å²) < 4.78 is 0. The van der Waals surface area contributed by atoms with Crippen molar-refractivity contribution >= 4 is 44.2 Å². The Morgan fingerprint density at radius 3 is 1.08 bits per heavy atom. The number of fused-ring (bicyclic) bond motifs is 2. The molecule has 0 bridgehead atoms. The van der Waals surface area contributed by atoms with Crippen molar-refractivity contribution in [2.24, 2.45) is 0 Å². The van der Waals surface area contributed by atoms with E-state index < -0.39 is 0 Å². The fraction of sp³-hybridized carbons (Fsp3) is 0.522. The lowest BCUT2D eigenvalue weighted by Crippen LogP contribution is -1.88. The molecule has 0 nitrogen and oxygen atoms in total. The molecule has 0 spiro atoms. The third-order valence-electron chi connectivity index (χ3n) is 10.4. The minimum atomic E-state index is 1.21. The first-order chi connectivity index (χ1) is 23.8. The highest BCUT2D eigenvalue weighted by molar-refractivity contribution is 7.14. The van der Waals surface area contributed by atoms with E-state index in [1.807, 2.05) is 22.7 Å². The highest BCUT2D eigenvalue weighted by atomic mass is 32.1. The molecule has 0 fully saturated rings. The molecule has 258 valence electrons. The summed E-state index contributed by atoms with van der Waals surface area (Å²) in [4.78, 5) is 2.94. The molecule has 0 radical (unpaired) electrons. The summed E-state index contributed by atoms with van der Waals surface area (Å²) in [6.07, 6.45) is 30.3. The van der Waals surface area contributed by atoms with Crippen LogP contribution < -0.4 is 0 Å². The Morgan fingerprint density at radius 2 is 0.708 bits per heavy atom. The summed E-state index contributed by atoms with van der Waals surface area (Å²) in [6, 6.07) is 23.8. The van der Waals surface area contributed by atoms with E-state index in [0.717, 1.165) is 0 Å². The molecule has 0 saturated carbocycles. The van der Waals surface area contributed by atoms with Crippen LogP contribution in [0.25, 0.3) is 42.4 Å². The maximum absolute atomic E-state index is 2.43. The molecule has 0 N–H and O–H groups in total. The molecule has 2 aromatic heterocycles. The van der Waals surface area contributed by atoms with Gasteiger partial charge in [-0.25, -0.2) is 0 Å². The van der Waals surface area contributed by atoms with Gasteiger partial charge in [-0.3, -0.25) is 0 Å². The van der Waals surface area contributed by atoms with E-state index in [4.69, 9.17) is 0 Å². The summed E-state index contributed by atoms with van der Waals surface area (Å²) in [5, 5.41) is 9.97. The van der Waals surface area contributed by atoms with Crippen LogP contribution in [0.5, 0.6) is 0 Å². The molecule has 0 saturated heterocycles. The molecule has 0 aliphatic heterocycles. The van der Waals surface area contributed by atoms with Gasteiger partial charge in [0, 0.05) is 9.75 Å². The molecule has 3 aromatic carbocycles. The molecule has 5 aromatic rings. The predicted molar refractivity (Wildman–Crippen MR) is 219 cm³/mol. The third-order valence-corrected chi connectivity index (χ3v) is 12.4.